The number of carbonyl (C=O) groups is 1. The van der Waals surface area contributed by atoms with Crippen LogP contribution in [0, 0.1) is 6.92 Å². The zero-order valence-corrected chi connectivity index (χ0v) is 13.5. The van der Waals surface area contributed by atoms with Gasteiger partial charge in [0, 0.05) is 30.2 Å². The Kier molecular flexibility index (Phi) is 4.42. The summed E-state index contributed by atoms with van der Waals surface area (Å²) in [5.74, 6) is 0.0561. The second-order valence-electron chi connectivity index (χ2n) is 5.90. The molecule has 1 amide bonds. The number of H-pyrrole nitrogens is 1. The van der Waals surface area contributed by atoms with E-state index in [1.807, 2.05) is 50.4 Å². The lowest BCUT2D eigenvalue weighted by molar-refractivity contribution is 0.0794. The summed E-state index contributed by atoms with van der Waals surface area (Å²) >= 11 is 0. The molecule has 1 aromatic heterocycles. The fraction of sp³-hybridized carbons (Fsp3) is 0.263. The third-order valence-corrected chi connectivity index (χ3v) is 4.14. The molecule has 0 unspecified atom stereocenters. The van der Waals surface area contributed by atoms with Crippen LogP contribution in [0.15, 0.2) is 48.5 Å². The SMILES string of the molecule is Cc1[nH]nc2ccc(C(=O)N(C)CCCc3ccccc3)cc12. The van der Waals surface area contributed by atoms with Gasteiger partial charge >= 0.3 is 0 Å². The molecule has 23 heavy (non-hydrogen) atoms. The van der Waals surface area contributed by atoms with E-state index in [1.165, 1.54) is 5.56 Å². The van der Waals surface area contributed by atoms with Crippen LogP contribution in [0.1, 0.15) is 28.0 Å². The lowest BCUT2D eigenvalue weighted by Crippen LogP contribution is -2.28. The van der Waals surface area contributed by atoms with Gasteiger partial charge in [-0.3, -0.25) is 9.89 Å². The second kappa shape index (κ2) is 6.65. The number of fused-ring (bicyclic) bond motifs is 1. The van der Waals surface area contributed by atoms with Gasteiger partial charge in [-0.05, 0) is 43.5 Å². The number of benzene rings is 2. The maximum Gasteiger partial charge on any atom is 0.253 e. The molecule has 2 aromatic carbocycles. The molecule has 1 heterocycles. The Morgan fingerprint density at radius 1 is 1.17 bits per heavy atom. The standard InChI is InChI=1S/C19H21N3O/c1-14-17-13-16(10-11-18(17)21-20-14)19(23)22(2)12-6-9-15-7-4-3-5-8-15/h3-5,7-8,10-11,13H,6,9,12H2,1-2H3,(H,20,21). The summed E-state index contributed by atoms with van der Waals surface area (Å²) < 4.78 is 0. The fourth-order valence-corrected chi connectivity index (χ4v) is 2.76. The quantitative estimate of drug-likeness (QED) is 0.783. The molecular formula is C19H21N3O. The van der Waals surface area contributed by atoms with Crippen molar-refractivity contribution in [3.8, 4) is 0 Å². The molecule has 3 aromatic rings. The van der Waals surface area contributed by atoms with Crippen LogP contribution >= 0.6 is 0 Å². The van der Waals surface area contributed by atoms with Crippen LogP contribution in [0.3, 0.4) is 0 Å². The van der Waals surface area contributed by atoms with E-state index in [-0.39, 0.29) is 5.91 Å². The summed E-state index contributed by atoms with van der Waals surface area (Å²) in [6.45, 7) is 2.71. The van der Waals surface area contributed by atoms with Crippen LogP contribution in [0.5, 0.6) is 0 Å². The zero-order chi connectivity index (χ0) is 16.2. The van der Waals surface area contributed by atoms with Gasteiger partial charge < -0.3 is 4.90 Å². The Balaban J connectivity index is 1.62. The highest BCUT2D eigenvalue weighted by Gasteiger charge is 2.13. The predicted octanol–water partition coefficient (Wildman–Crippen LogP) is 3.58. The molecule has 0 spiro atoms. The van der Waals surface area contributed by atoms with E-state index in [4.69, 9.17) is 0 Å². The molecule has 1 N–H and O–H groups in total. The minimum Gasteiger partial charge on any atom is -0.342 e. The molecular weight excluding hydrogens is 286 g/mol. The summed E-state index contributed by atoms with van der Waals surface area (Å²) in [5.41, 5.74) is 3.90. The van der Waals surface area contributed by atoms with Crippen LogP contribution in [0.25, 0.3) is 10.9 Å². The van der Waals surface area contributed by atoms with Crippen LogP contribution in [0.4, 0.5) is 0 Å². The summed E-state index contributed by atoms with van der Waals surface area (Å²) in [5, 5.41) is 8.15. The van der Waals surface area contributed by atoms with E-state index >= 15 is 0 Å². The molecule has 4 nitrogen and oxygen atoms in total. The van der Waals surface area contributed by atoms with Crippen LogP contribution in [-0.4, -0.2) is 34.6 Å². The van der Waals surface area contributed by atoms with Gasteiger partial charge in [-0.25, -0.2) is 0 Å². The Hall–Kier alpha value is -2.62. The number of amides is 1. The number of aromatic nitrogens is 2. The van der Waals surface area contributed by atoms with Crippen molar-refractivity contribution in [2.45, 2.75) is 19.8 Å². The first kappa shape index (κ1) is 15.3. The van der Waals surface area contributed by atoms with Gasteiger partial charge in [-0.15, -0.1) is 0 Å². The number of nitrogens with zero attached hydrogens (tertiary/aromatic N) is 2. The summed E-state index contributed by atoms with van der Waals surface area (Å²) in [7, 11) is 1.86. The van der Waals surface area contributed by atoms with Crippen LogP contribution < -0.4 is 0 Å². The Bertz CT molecular complexity index is 808. The molecule has 0 atom stereocenters. The van der Waals surface area contributed by atoms with Crippen molar-refractivity contribution in [2.75, 3.05) is 13.6 Å². The number of hydrogen-bond donors (Lipinski definition) is 1. The van der Waals surface area contributed by atoms with E-state index in [2.05, 4.69) is 22.3 Å². The van der Waals surface area contributed by atoms with Gasteiger partial charge in [-0.2, -0.15) is 5.10 Å². The Labute approximate surface area is 136 Å². The minimum atomic E-state index is 0.0561. The maximum atomic E-state index is 12.6. The average Bonchev–Trinajstić information content (AvgIpc) is 2.95. The van der Waals surface area contributed by atoms with Crippen LogP contribution in [0.2, 0.25) is 0 Å². The minimum absolute atomic E-state index is 0.0561. The van der Waals surface area contributed by atoms with E-state index in [9.17, 15) is 4.79 Å². The van der Waals surface area contributed by atoms with Gasteiger partial charge in [0.15, 0.2) is 0 Å². The topological polar surface area (TPSA) is 49.0 Å². The molecule has 118 valence electrons. The van der Waals surface area contributed by atoms with Crippen molar-refractivity contribution in [2.24, 2.45) is 0 Å². The highest BCUT2D eigenvalue weighted by molar-refractivity contribution is 5.98. The first-order valence-corrected chi connectivity index (χ1v) is 7.89. The molecule has 0 saturated heterocycles. The van der Waals surface area contributed by atoms with E-state index < -0.39 is 0 Å². The molecule has 0 saturated carbocycles. The van der Waals surface area contributed by atoms with Gasteiger partial charge in [0.2, 0.25) is 0 Å². The Morgan fingerprint density at radius 3 is 2.74 bits per heavy atom. The summed E-state index contributed by atoms with van der Waals surface area (Å²) in [6.07, 6.45) is 1.94. The van der Waals surface area contributed by atoms with Gasteiger partial charge in [-0.1, -0.05) is 30.3 Å². The van der Waals surface area contributed by atoms with Crippen molar-refractivity contribution in [3.05, 3.63) is 65.4 Å². The van der Waals surface area contributed by atoms with E-state index in [1.54, 1.807) is 4.90 Å². The summed E-state index contributed by atoms with van der Waals surface area (Å²) in [4.78, 5) is 14.4. The lowest BCUT2D eigenvalue weighted by Gasteiger charge is -2.17. The van der Waals surface area contributed by atoms with Gasteiger partial charge in [0.05, 0.1) is 5.52 Å². The van der Waals surface area contributed by atoms with Gasteiger partial charge in [0.1, 0.15) is 0 Å². The molecule has 3 rings (SSSR count). The molecule has 0 aliphatic rings. The molecule has 4 heteroatoms. The van der Waals surface area contributed by atoms with E-state index in [0.29, 0.717) is 5.56 Å². The molecule has 0 aliphatic heterocycles. The third-order valence-electron chi connectivity index (χ3n) is 4.14. The van der Waals surface area contributed by atoms with Crippen molar-refractivity contribution < 1.29 is 4.79 Å². The fourth-order valence-electron chi connectivity index (χ4n) is 2.76. The van der Waals surface area contributed by atoms with E-state index in [0.717, 1.165) is 36.0 Å². The molecule has 0 bridgehead atoms. The zero-order valence-electron chi connectivity index (χ0n) is 13.5. The van der Waals surface area contributed by atoms with Crippen molar-refractivity contribution in [1.82, 2.24) is 15.1 Å². The lowest BCUT2D eigenvalue weighted by atomic mass is 10.1. The Morgan fingerprint density at radius 2 is 1.96 bits per heavy atom. The number of hydrogen-bond acceptors (Lipinski definition) is 2. The maximum absolute atomic E-state index is 12.6. The van der Waals surface area contributed by atoms with Crippen molar-refractivity contribution >= 4 is 16.8 Å². The third kappa shape index (κ3) is 3.42. The normalized spacial score (nSPS) is 10.9. The molecule has 0 aliphatic carbocycles. The number of aryl methyl sites for hydroxylation is 2. The predicted molar refractivity (Wildman–Crippen MR) is 92.6 cm³/mol. The van der Waals surface area contributed by atoms with Crippen molar-refractivity contribution in [3.63, 3.8) is 0 Å². The summed E-state index contributed by atoms with van der Waals surface area (Å²) in [6, 6.07) is 16.0. The monoisotopic (exact) mass is 307 g/mol. The van der Waals surface area contributed by atoms with Crippen LogP contribution in [-0.2, 0) is 6.42 Å². The number of carbonyl (C=O) groups excluding carboxylic acids is 1. The first-order valence-electron chi connectivity index (χ1n) is 7.89. The second-order valence-corrected chi connectivity index (χ2v) is 5.90. The smallest absolute Gasteiger partial charge is 0.253 e. The number of rotatable bonds is 5. The van der Waals surface area contributed by atoms with Gasteiger partial charge in [0.25, 0.3) is 5.91 Å². The van der Waals surface area contributed by atoms with Crippen molar-refractivity contribution in [1.29, 1.82) is 0 Å². The molecule has 0 fully saturated rings. The largest absolute Gasteiger partial charge is 0.342 e. The first-order chi connectivity index (χ1) is 11.1. The number of aromatic amines is 1. The number of nitrogens with one attached hydrogen (secondary N) is 1. The highest BCUT2D eigenvalue weighted by atomic mass is 16.2. The molecule has 0 radical (unpaired) electrons. The highest BCUT2D eigenvalue weighted by Crippen LogP contribution is 2.18. The average molecular weight is 307 g/mol.